The number of benzene rings is 2. The minimum absolute atomic E-state index is 0.00631. The highest BCUT2D eigenvalue weighted by Gasteiger charge is 2.29. The topological polar surface area (TPSA) is 90.0 Å². The second-order valence-electron chi connectivity index (χ2n) is 7.94. The molecule has 160 valence electrons. The van der Waals surface area contributed by atoms with Crippen LogP contribution in [-0.2, 0) is 10.0 Å². The van der Waals surface area contributed by atoms with Gasteiger partial charge in [0.2, 0.25) is 10.0 Å². The zero-order valence-electron chi connectivity index (χ0n) is 16.8. The number of rotatable bonds is 6. The Morgan fingerprint density at radius 2 is 1.80 bits per heavy atom. The fraction of sp³-hybridized carbons (Fsp3) is 0.409. The maximum absolute atomic E-state index is 12.8. The number of hydrogen-bond donors (Lipinski definition) is 2. The van der Waals surface area contributed by atoms with Crippen molar-refractivity contribution in [3.63, 3.8) is 0 Å². The molecule has 1 amide bonds. The lowest BCUT2D eigenvalue weighted by atomic mass is 10.1. The summed E-state index contributed by atoms with van der Waals surface area (Å²) in [6.45, 7) is 3.23. The molecule has 0 spiro atoms. The standard InChI is InChI=1S/C22H27N3O4S/c26-21-9-8-19(30(28,29)25-11-4-5-12-25)14-20(21)22(27)23-15-17-10-13-24(16-17)18-6-2-1-3-7-18/h1-3,6-9,14,17,26H,4-5,10-13,15-16H2,(H,23,27). The molecule has 0 aliphatic carbocycles. The van der Waals surface area contributed by atoms with Crippen LogP contribution in [0.3, 0.4) is 0 Å². The van der Waals surface area contributed by atoms with Crippen LogP contribution in [0.4, 0.5) is 5.69 Å². The smallest absolute Gasteiger partial charge is 0.255 e. The monoisotopic (exact) mass is 429 g/mol. The number of phenols is 1. The van der Waals surface area contributed by atoms with E-state index in [0.717, 1.165) is 32.4 Å². The van der Waals surface area contributed by atoms with Crippen molar-refractivity contribution in [2.75, 3.05) is 37.6 Å². The molecule has 2 aliphatic heterocycles. The number of para-hydroxylation sites is 1. The molecule has 0 bridgehead atoms. The van der Waals surface area contributed by atoms with E-state index in [2.05, 4.69) is 22.3 Å². The number of sulfonamides is 1. The Bertz CT molecular complexity index is 1000. The van der Waals surface area contributed by atoms with Crippen molar-refractivity contribution < 1.29 is 18.3 Å². The quantitative estimate of drug-likeness (QED) is 0.736. The van der Waals surface area contributed by atoms with E-state index in [4.69, 9.17) is 0 Å². The molecular weight excluding hydrogens is 402 g/mol. The van der Waals surface area contributed by atoms with Crippen LogP contribution in [0.25, 0.3) is 0 Å². The van der Waals surface area contributed by atoms with Gasteiger partial charge in [-0.15, -0.1) is 0 Å². The Balaban J connectivity index is 1.40. The number of aromatic hydroxyl groups is 1. The van der Waals surface area contributed by atoms with E-state index in [1.165, 1.54) is 28.2 Å². The molecule has 7 nitrogen and oxygen atoms in total. The van der Waals surface area contributed by atoms with Crippen molar-refractivity contribution in [2.24, 2.45) is 5.92 Å². The van der Waals surface area contributed by atoms with Crippen molar-refractivity contribution in [1.29, 1.82) is 0 Å². The highest BCUT2D eigenvalue weighted by molar-refractivity contribution is 7.89. The van der Waals surface area contributed by atoms with Gasteiger partial charge < -0.3 is 15.3 Å². The Morgan fingerprint density at radius 1 is 1.07 bits per heavy atom. The van der Waals surface area contributed by atoms with E-state index in [9.17, 15) is 18.3 Å². The molecule has 30 heavy (non-hydrogen) atoms. The summed E-state index contributed by atoms with van der Waals surface area (Å²) in [7, 11) is -3.64. The van der Waals surface area contributed by atoms with Crippen LogP contribution in [0.2, 0.25) is 0 Å². The summed E-state index contributed by atoms with van der Waals surface area (Å²) in [5.41, 5.74) is 1.16. The second kappa shape index (κ2) is 8.65. The summed E-state index contributed by atoms with van der Waals surface area (Å²) >= 11 is 0. The van der Waals surface area contributed by atoms with Crippen LogP contribution in [0.5, 0.6) is 5.75 Å². The normalized spacial score (nSPS) is 19.9. The highest BCUT2D eigenvalue weighted by atomic mass is 32.2. The number of nitrogens with zero attached hydrogens (tertiary/aromatic N) is 2. The predicted molar refractivity (Wildman–Crippen MR) is 115 cm³/mol. The van der Waals surface area contributed by atoms with E-state index in [0.29, 0.717) is 25.6 Å². The molecular formula is C22H27N3O4S. The van der Waals surface area contributed by atoms with Crippen LogP contribution >= 0.6 is 0 Å². The summed E-state index contributed by atoms with van der Waals surface area (Å²) in [5, 5.41) is 13.0. The van der Waals surface area contributed by atoms with Crippen molar-refractivity contribution in [2.45, 2.75) is 24.2 Å². The van der Waals surface area contributed by atoms with Gasteiger partial charge in [0.15, 0.2) is 0 Å². The average Bonchev–Trinajstić information content (AvgIpc) is 3.45. The zero-order valence-corrected chi connectivity index (χ0v) is 17.6. The third-order valence-electron chi connectivity index (χ3n) is 5.87. The van der Waals surface area contributed by atoms with Crippen molar-refractivity contribution in [1.82, 2.24) is 9.62 Å². The molecule has 2 fully saturated rings. The number of amides is 1. The first-order chi connectivity index (χ1) is 14.4. The van der Waals surface area contributed by atoms with E-state index in [-0.39, 0.29) is 16.2 Å². The minimum atomic E-state index is -3.64. The highest BCUT2D eigenvalue weighted by Crippen LogP contribution is 2.26. The van der Waals surface area contributed by atoms with Crippen LogP contribution in [0, 0.1) is 5.92 Å². The van der Waals surface area contributed by atoms with Gasteiger partial charge in [0.1, 0.15) is 5.75 Å². The predicted octanol–water partition coefficient (Wildman–Crippen LogP) is 2.43. The van der Waals surface area contributed by atoms with Gasteiger partial charge in [-0.1, -0.05) is 18.2 Å². The van der Waals surface area contributed by atoms with E-state index in [1.54, 1.807) is 0 Å². The van der Waals surface area contributed by atoms with E-state index < -0.39 is 15.9 Å². The van der Waals surface area contributed by atoms with Crippen molar-refractivity contribution in [3.05, 3.63) is 54.1 Å². The molecule has 0 saturated carbocycles. The van der Waals surface area contributed by atoms with Gasteiger partial charge in [0, 0.05) is 38.4 Å². The van der Waals surface area contributed by atoms with Crippen LogP contribution in [0.1, 0.15) is 29.6 Å². The summed E-state index contributed by atoms with van der Waals surface area (Å²) in [6.07, 6.45) is 2.64. The molecule has 2 heterocycles. The minimum Gasteiger partial charge on any atom is -0.507 e. The molecule has 1 atom stereocenters. The third-order valence-corrected chi connectivity index (χ3v) is 7.77. The molecule has 2 aromatic carbocycles. The van der Waals surface area contributed by atoms with Crippen molar-refractivity contribution >= 4 is 21.6 Å². The first-order valence-electron chi connectivity index (χ1n) is 10.4. The molecule has 4 rings (SSSR count). The van der Waals surface area contributed by atoms with Gasteiger partial charge in [-0.05, 0) is 55.5 Å². The largest absolute Gasteiger partial charge is 0.507 e. The molecule has 8 heteroatoms. The first-order valence-corrected chi connectivity index (χ1v) is 11.8. The molecule has 2 aromatic rings. The number of carbonyl (C=O) groups is 1. The maximum atomic E-state index is 12.8. The lowest BCUT2D eigenvalue weighted by molar-refractivity contribution is 0.0945. The summed E-state index contributed by atoms with van der Waals surface area (Å²) in [5.74, 6) is -0.373. The number of carbonyl (C=O) groups excluding carboxylic acids is 1. The van der Waals surface area contributed by atoms with Crippen molar-refractivity contribution in [3.8, 4) is 5.75 Å². The third kappa shape index (κ3) is 4.29. The van der Waals surface area contributed by atoms with Crippen LogP contribution in [-0.4, -0.2) is 56.5 Å². The zero-order chi connectivity index (χ0) is 21.1. The number of phenolic OH excluding ortho intramolecular Hbond substituents is 1. The molecule has 2 aliphatic rings. The average molecular weight is 430 g/mol. The van der Waals surface area contributed by atoms with E-state index >= 15 is 0 Å². The molecule has 1 unspecified atom stereocenters. The van der Waals surface area contributed by atoms with Gasteiger partial charge in [-0.25, -0.2) is 8.42 Å². The maximum Gasteiger partial charge on any atom is 0.255 e. The Morgan fingerprint density at radius 3 is 2.53 bits per heavy atom. The van der Waals surface area contributed by atoms with Gasteiger partial charge in [-0.3, -0.25) is 4.79 Å². The van der Waals surface area contributed by atoms with Gasteiger partial charge >= 0.3 is 0 Å². The number of nitrogens with one attached hydrogen (secondary N) is 1. The summed E-state index contributed by atoms with van der Waals surface area (Å²) in [4.78, 5) is 15.0. The van der Waals surface area contributed by atoms with Crippen LogP contribution < -0.4 is 10.2 Å². The number of hydrogen-bond acceptors (Lipinski definition) is 5. The van der Waals surface area contributed by atoms with E-state index in [1.807, 2.05) is 18.2 Å². The second-order valence-corrected chi connectivity index (χ2v) is 9.87. The summed E-state index contributed by atoms with van der Waals surface area (Å²) in [6, 6.07) is 14.1. The Labute approximate surface area is 177 Å². The Kier molecular flexibility index (Phi) is 5.97. The Hall–Kier alpha value is -2.58. The fourth-order valence-electron chi connectivity index (χ4n) is 4.14. The molecule has 2 saturated heterocycles. The molecule has 0 radical (unpaired) electrons. The molecule has 0 aromatic heterocycles. The molecule has 2 N–H and O–H groups in total. The van der Waals surface area contributed by atoms with Gasteiger partial charge in [-0.2, -0.15) is 4.31 Å². The lowest BCUT2D eigenvalue weighted by Gasteiger charge is -2.19. The van der Waals surface area contributed by atoms with Crippen LogP contribution in [0.15, 0.2) is 53.4 Å². The van der Waals surface area contributed by atoms with Gasteiger partial charge in [0.05, 0.1) is 10.5 Å². The number of anilines is 1. The lowest BCUT2D eigenvalue weighted by Crippen LogP contribution is -2.31. The summed E-state index contributed by atoms with van der Waals surface area (Å²) < 4.78 is 27.0. The fourth-order valence-corrected chi connectivity index (χ4v) is 5.68. The van der Waals surface area contributed by atoms with Gasteiger partial charge in [0.25, 0.3) is 5.91 Å². The SMILES string of the molecule is O=C(NCC1CCN(c2ccccc2)C1)c1cc(S(=O)(=O)N2CCCC2)ccc1O. The first kappa shape index (κ1) is 20.7.